The van der Waals surface area contributed by atoms with Gasteiger partial charge in [0.2, 0.25) is 0 Å². The van der Waals surface area contributed by atoms with Gasteiger partial charge in [0.05, 0.1) is 30.7 Å². The Morgan fingerprint density at radius 2 is 2.07 bits per heavy atom. The Bertz CT molecular complexity index is 972. The van der Waals surface area contributed by atoms with Crippen LogP contribution in [0.2, 0.25) is 0 Å². The largest absolute Gasteiger partial charge is 0.465 e. The summed E-state index contributed by atoms with van der Waals surface area (Å²) >= 11 is 0. The number of hydrogen-bond acceptors (Lipinski definition) is 5. The Kier molecular flexibility index (Phi) is 6.15. The lowest BCUT2D eigenvalue weighted by atomic mass is 9.84. The van der Waals surface area contributed by atoms with Crippen LogP contribution in [-0.4, -0.2) is 51.0 Å². The van der Waals surface area contributed by atoms with Gasteiger partial charge >= 0.3 is 6.09 Å². The molecule has 9 nitrogen and oxygen atoms in total. The third-order valence-electron chi connectivity index (χ3n) is 5.14. The molecule has 1 fully saturated rings. The number of rotatable bonds is 6. The molecule has 3 atom stereocenters. The third-order valence-corrected chi connectivity index (χ3v) is 5.14. The van der Waals surface area contributed by atoms with Crippen molar-refractivity contribution in [1.29, 1.82) is 5.26 Å². The summed E-state index contributed by atoms with van der Waals surface area (Å²) in [7, 11) is 0. The molecule has 158 valence electrons. The van der Waals surface area contributed by atoms with Gasteiger partial charge in [-0.3, -0.25) is 13.9 Å². The summed E-state index contributed by atoms with van der Waals surface area (Å²) in [5.41, 5.74) is 5.97. The highest BCUT2D eigenvalue weighted by Crippen LogP contribution is 2.35. The summed E-state index contributed by atoms with van der Waals surface area (Å²) in [6.45, 7) is -0.683. The van der Waals surface area contributed by atoms with Crippen molar-refractivity contribution in [1.82, 2.24) is 14.7 Å². The van der Waals surface area contributed by atoms with Crippen molar-refractivity contribution in [2.24, 2.45) is 11.7 Å². The van der Waals surface area contributed by atoms with E-state index in [1.54, 1.807) is 0 Å². The van der Waals surface area contributed by atoms with E-state index in [2.05, 4.69) is 16.5 Å². The Balaban J connectivity index is 1.94. The molecule has 3 rings (SSSR count). The quantitative estimate of drug-likeness (QED) is 0.659. The molecule has 1 unspecified atom stereocenters. The number of carboxylic acid groups (broad SMARTS) is 1. The first kappa shape index (κ1) is 21.0. The summed E-state index contributed by atoms with van der Waals surface area (Å²) in [6.07, 6.45) is 0.296. The monoisotopic (exact) mass is 418 g/mol. The summed E-state index contributed by atoms with van der Waals surface area (Å²) < 4.78 is 27.6. The van der Waals surface area contributed by atoms with Crippen molar-refractivity contribution in [3.05, 3.63) is 41.8 Å². The van der Waals surface area contributed by atoms with Crippen molar-refractivity contribution >= 4 is 23.5 Å². The smallest absolute Gasteiger partial charge is 0.407 e. The van der Waals surface area contributed by atoms with Crippen LogP contribution in [0.1, 0.15) is 29.2 Å². The normalized spacial score (nSPS) is 21.1. The van der Waals surface area contributed by atoms with E-state index in [9.17, 15) is 28.7 Å². The highest BCUT2D eigenvalue weighted by molar-refractivity contribution is 5.98. The molecule has 30 heavy (non-hydrogen) atoms. The maximum atomic E-state index is 13.1. The predicted molar refractivity (Wildman–Crippen MR) is 102 cm³/mol. The van der Waals surface area contributed by atoms with Crippen LogP contribution in [0.4, 0.5) is 25.1 Å². The van der Waals surface area contributed by atoms with Crippen LogP contribution in [0, 0.1) is 23.1 Å². The maximum Gasteiger partial charge on any atom is 0.407 e. The molecule has 0 bridgehead atoms. The van der Waals surface area contributed by atoms with Crippen LogP contribution in [-0.2, 0) is 0 Å². The number of anilines is 2. The number of carbonyl (C=O) groups excluding carboxylic acids is 1. The minimum atomic E-state index is -1.22. The van der Waals surface area contributed by atoms with Gasteiger partial charge in [-0.15, -0.1) is 0 Å². The van der Waals surface area contributed by atoms with Gasteiger partial charge in [-0.25, -0.2) is 9.18 Å². The Morgan fingerprint density at radius 3 is 2.63 bits per heavy atom. The third kappa shape index (κ3) is 4.17. The number of amides is 2. The van der Waals surface area contributed by atoms with Gasteiger partial charge < -0.3 is 21.1 Å². The van der Waals surface area contributed by atoms with E-state index in [-0.39, 0.29) is 30.8 Å². The average molecular weight is 418 g/mol. The number of carbonyl (C=O) groups is 2. The summed E-state index contributed by atoms with van der Waals surface area (Å²) in [6, 6.07) is 6.04. The SMILES string of the molecule is N#C[C@@H]1C(CCF)N(C(=O)O)CC[C@H]1n1cc(C(N)=O)c(Nc2ccc(F)cc2)n1. The number of piperidine rings is 1. The van der Waals surface area contributed by atoms with Gasteiger partial charge in [0.1, 0.15) is 11.4 Å². The summed E-state index contributed by atoms with van der Waals surface area (Å²) in [5.74, 6) is -1.94. The van der Waals surface area contributed by atoms with Crippen molar-refractivity contribution in [2.75, 3.05) is 18.5 Å². The number of benzene rings is 1. The highest BCUT2D eigenvalue weighted by Gasteiger charge is 2.42. The average Bonchev–Trinajstić information content (AvgIpc) is 3.13. The standard InChI is InChI=1S/C19H20F2N6O3/c20-7-5-15-13(9-22)16(6-8-26(15)19(29)30)27-10-14(17(23)28)18(25-27)24-12-3-1-11(21)2-4-12/h1-4,10,13,15-16H,5-8H2,(H2,23,28)(H,24,25)(H,29,30)/t13-,15?,16-/m1/s1. The lowest BCUT2D eigenvalue weighted by Crippen LogP contribution is -2.51. The number of nitrogens with one attached hydrogen (secondary N) is 1. The number of nitrogens with zero attached hydrogens (tertiary/aromatic N) is 4. The van der Waals surface area contributed by atoms with E-state index in [1.165, 1.54) is 35.1 Å². The molecule has 0 aliphatic carbocycles. The molecule has 2 amide bonds. The Labute approximate surface area is 170 Å². The van der Waals surface area contributed by atoms with Crippen LogP contribution in [0.3, 0.4) is 0 Å². The summed E-state index contributed by atoms with van der Waals surface area (Å²) in [4.78, 5) is 24.5. The second-order valence-electron chi connectivity index (χ2n) is 6.90. The number of primary amides is 1. The second-order valence-corrected chi connectivity index (χ2v) is 6.90. The number of aromatic nitrogens is 2. The van der Waals surface area contributed by atoms with Crippen LogP contribution >= 0.6 is 0 Å². The van der Waals surface area contributed by atoms with E-state index in [0.717, 1.165) is 4.90 Å². The van der Waals surface area contributed by atoms with E-state index in [1.807, 2.05) is 0 Å². The molecular formula is C19H20F2N6O3. The van der Waals surface area contributed by atoms with E-state index >= 15 is 0 Å². The fourth-order valence-corrected chi connectivity index (χ4v) is 3.72. The second kappa shape index (κ2) is 8.77. The van der Waals surface area contributed by atoms with E-state index in [4.69, 9.17) is 5.73 Å². The van der Waals surface area contributed by atoms with Gasteiger partial charge in [0.25, 0.3) is 5.91 Å². The van der Waals surface area contributed by atoms with Gasteiger partial charge in [-0.05, 0) is 37.1 Å². The van der Waals surface area contributed by atoms with E-state index in [0.29, 0.717) is 5.69 Å². The zero-order chi connectivity index (χ0) is 21.8. The molecule has 11 heteroatoms. The minimum Gasteiger partial charge on any atom is -0.465 e. The Morgan fingerprint density at radius 1 is 1.37 bits per heavy atom. The number of halogens is 2. The maximum absolute atomic E-state index is 13.1. The van der Waals surface area contributed by atoms with Crippen molar-refractivity contribution in [3.63, 3.8) is 0 Å². The summed E-state index contributed by atoms with van der Waals surface area (Å²) in [5, 5.41) is 26.3. The van der Waals surface area contributed by atoms with Crippen molar-refractivity contribution in [3.8, 4) is 6.07 Å². The minimum absolute atomic E-state index is 0.0544. The van der Waals surface area contributed by atoms with E-state index < -0.39 is 42.5 Å². The first-order valence-corrected chi connectivity index (χ1v) is 9.22. The number of likely N-dealkylation sites (tertiary alicyclic amines) is 1. The predicted octanol–water partition coefficient (Wildman–Crippen LogP) is 2.66. The van der Waals surface area contributed by atoms with Gasteiger partial charge in [-0.2, -0.15) is 10.4 Å². The first-order chi connectivity index (χ1) is 14.3. The molecule has 4 N–H and O–H groups in total. The van der Waals surface area contributed by atoms with Gasteiger partial charge in [0, 0.05) is 18.4 Å². The fourth-order valence-electron chi connectivity index (χ4n) is 3.72. The van der Waals surface area contributed by atoms with Crippen molar-refractivity contribution in [2.45, 2.75) is 24.9 Å². The molecular weight excluding hydrogens is 398 g/mol. The number of alkyl halides is 1. The van der Waals surface area contributed by atoms with Crippen LogP contribution in [0.25, 0.3) is 0 Å². The topological polar surface area (TPSA) is 137 Å². The molecule has 0 radical (unpaired) electrons. The number of nitriles is 1. The molecule has 1 aromatic heterocycles. The molecule has 1 aliphatic rings. The van der Waals surface area contributed by atoms with Crippen LogP contribution < -0.4 is 11.1 Å². The van der Waals surface area contributed by atoms with Crippen molar-refractivity contribution < 1.29 is 23.5 Å². The molecule has 1 aromatic carbocycles. The highest BCUT2D eigenvalue weighted by atomic mass is 19.1. The fraction of sp³-hybridized carbons (Fsp3) is 0.368. The molecule has 1 saturated heterocycles. The lowest BCUT2D eigenvalue weighted by Gasteiger charge is -2.41. The van der Waals surface area contributed by atoms with Gasteiger partial charge in [0.15, 0.2) is 5.82 Å². The first-order valence-electron chi connectivity index (χ1n) is 9.22. The zero-order valence-electron chi connectivity index (χ0n) is 15.8. The van der Waals surface area contributed by atoms with Gasteiger partial charge in [-0.1, -0.05) is 0 Å². The number of nitrogens with two attached hydrogens (primary N) is 1. The lowest BCUT2D eigenvalue weighted by molar-refractivity contribution is 0.0602. The number of hydrogen-bond donors (Lipinski definition) is 3. The molecule has 0 spiro atoms. The molecule has 1 aliphatic heterocycles. The van der Waals surface area contributed by atoms with Crippen LogP contribution in [0.5, 0.6) is 0 Å². The molecule has 2 aromatic rings. The molecule has 2 heterocycles. The molecule has 0 saturated carbocycles. The Hall–Kier alpha value is -3.68. The van der Waals surface area contributed by atoms with Crippen LogP contribution in [0.15, 0.2) is 30.5 Å². The zero-order valence-corrected chi connectivity index (χ0v) is 15.8.